The minimum atomic E-state index is 0.259. The number of nitrogens with zero attached hydrogens (tertiary/aromatic N) is 2. The van der Waals surface area contributed by atoms with Gasteiger partial charge in [-0.3, -0.25) is 9.89 Å². The molecule has 0 spiro atoms. The van der Waals surface area contributed by atoms with Gasteiger partial charge in [0.05, 0.1) is 0 Å². The van der Waals surface area contributed by atoms with Crippen LogP contribution >= 0.6 is 0 Å². The highest BCUT2D eigenvalue weighted by Gasteiger charge is 2.40. The second kappa shape index (κ2) is 8.47. The average molecular weight is 363 g/mol. The molecule has 2 saturated carbocycles. The van der Waals surface area contributed by atoms with E-state index in [9.17, 15) is 0 Å². The molecule has 2 aliphatic heterocycles. The first-order valence-electron chi connectivity index (χ1n) is 11.1. The Balaban J connectivity index is 1.32. The standard InChI is InChI=1S/C21H38N4O/c1-22-20(24-19-8-7-17-5-4-6-18(17)15-19)23-16-21(9-13-26-14-10-21)25-11-2-3-12-25/h17-19H,2-16H2,1H3,(H2,22,23,24). The molecule has 3 unspecified atom stereocenters. The van der Waals surface area contributed by atoms with Crippen molar-refractivity contribution in [3.05, 3.63) is 0 Å². The third kappa shape index (κ3) is 4.04. The van der Waals surface area contributed by atoms with Crippen molar-refractivity contribution in [1.29, 1.82) is 0 Å². The van der Waals surface area contributed by atoms with Crippen LogP contribution in [0, 0.1) is 11.8 Å². The van der Waals surface area contributed by atoms with E-state index in [1.165, 1.54) is 64.5 Å². The molecule has 5 heteroatoms. The molecule has 0 bridgehead atoms. The SMILES string of the molecule is CN=C(NCC1(N2CCCC2)CCOCC1)NC1CCC2CCCC2C1. The molecule has 4 rings (SSSR count). The highest BCUT2D eigenvalue weighted by molar-refractivity contribution is 5.80. The van der Waals surface area contributed by atoms with Gasteiger partial charge in [0, 0.05) is 38.4 Å². The van der Waals surface area contributed by atoms with Gasteiger partial charge in [-0.15, -0.1) is 0 Å². The van der Waals surface area contributed by atoms with Crippen LogP contribution in [0.5, 0.6) is 0 Å². The number of rotatable bonds is 4. The van der Waals surface area contributed by atoms with Crippen molar-refractivity contribution in [2.45, 2.75) is 75.8 Å². The molecule has 4 fully saturated rings. The maximum atomic E-state index is 5.68. The first-order chi connectivity index (χ1) is 12.8. The molecule has 4 aliphatic rings. The normalized spacial score (nSPS) is 35.3. The summed E-state index contributed by atoms with van der Waals surface area (Å²) in [6.45, 7) is 5.29. The Hall–Kier alpha value is -0.810. The van der Waals surface area contributed by atoms with Crippen LogP contribution in [0.2, 0.25) is 0 Å². The van der Waals surface area contributed by atoms with E-state index >= 15 is 0 Å². The summed E-state index contributed by atoms with van der Waals surface area (Å²) in [6, 6.07) is 0.609. The summed E-state index contributed by atoms with van der Waals surface area (Å²) in [4.78, 5) is 7.28. The molecule has 5 nitrogen and oxygen atoms in total. The molecule has 0 aromatic heterocycles. The molecule has 3 atom stereocenters. The minimum absolute atomic E-state index is 0.259. The van der Waals surface area contributed by atoms with E-state index < -0.39 is 0 Å². The Morgan fingerprint density at radius 3 is 2.58 bits per heavy atom. The second-order valence-electron chi connectivity index (χ2n) is 9.06. The molecular formula is C21H38N4O. The smallest absolute Gasteiger partial charge is 0.191 e. The van der Waals surface area contributed by atoms with Crippen LogP contribution in [0.25, 0.3) is 0 Å². The first-order valence-corrected chi connectivity index (χ1v) is 11.1. The number of hydrogen-bond acceptors (Lipinski definition) is 3. The fourth-order valence-electron chi connectivity index (χ4n) is 6.02. The molecule has 2 aliphatic carbocycles. The van der Waals surface area contributed by atoms with Crippen LogP contribution < -0.4 is 10.6 Å². The maximum absolute atomic E-state index is 5.68. The van der Waals surface area contributed by atoms with Gasteiger partial charge in [0.25, 0.3) is 0 Å². The molecule has 148 valence electrons. The van der Waals surface area contributed by atoms with E-state index in [4.69, 9.17) is 4.74 Å². The topological polar surface area (TPSA) is 48.9 Å². The number of aliphatic imine (C=N–C) groups is 1. The van der Waals surface area contributed by atoms with Crippen LogP contribution in [0.15, 0.2) is 4.99 Å². The van der Waals surface area contributed by atoms with Crippen LogP contribution in [0.1, 0.15) is 64.2 Å². The van der Waals surface area contributed by atoms with Crippen molar-refractivity contribution in [1.82, 2.24) is 15.5 Å². The average Bonchev–Trinajstić information content (AvgIpc) is 3.37. The minimum Gasteiger partial charge on any atom is -0.381 e. The van der Waals surface area contributed by atoms with E-state index in [0.29, 0.717) is 6.04 Å². The van der Waals surface area contributed by atoms with Gasteiger partial charge < -0.3 is 15.4 Å². The van der Waals surface area contributed by atoms with Gasteiger partial charge in [0.15, 0.2) is 5.96 Å². The molecule has 2 N–H and O–H groups in total. The quantitative estimate of drug-likeness (QED) is 0.596. The number of guanidine groups is 1. The molecule has 0 radical (unpaired) electrons. The fraction of sp³-hybridized carbons (Fsp3) is 0.952. The van der Waals surface area contributed by atoms with E-state index in [1.54, 1.807) is 0 Å². The van der Waals surface area contributed by atoms with Gasteiger partial charge in [0.1, 0.15) is 0 Å². The van der Waals surface area contributed by atoms with Gasteiger partial charge in [-0.1, -0.05) is 19.3 Å². The summed E-state index contributed by atoms with van der Waals surface area (Å²) >= 11 is 0. The lowest BCUT2D eigenvalue weighted by Gasteiger charge is -2.45. The lowest BCUT2D eigenvalue weighted by Crippen LogP contribution is -2.59. The van der Waals surface area contributed by atoms with Crippen molar-refractivity contribution in [2.24, 2.45) is 16.8 Å². The highest BCUT2D eigenvalue weighted by atomic mass is 16.5. The number of hydrogen-bond donors (Lipinski definition) is 2. The summed E-state index contributed by atoms with van der Waals surface area (Å²) < 4.78 is 5.68. The van der Waals surface area contributed by atoms with Crippen molar-refractivity contribution in [3.63, 3.8) is 0 Å². The van der Waals surface area contributed by atoms with Crippen LogP contribution in [-0.4, -0.2) is 62.3 Å². The Kier molecular flexibility index (Phi) is 6.04. The molecule has 2 saturated heterocycles. The molecule has 0 aromatic carbocycles. The number of likely N-dealkylation sites (tertiary alicyclic amines) is 1. The first kappa shape index (κ1) is 18.5. The molecule has 26 heavy (non-hydrogen) atoms. The lowest BCUT2D eigenvalue weighted by atomic mass is 9.79. The zero-order valence-corrected chi connectivity index (χ0v) is 16.6. The summed E-state index contributed by atoms with van der Waals surface area (Å²) in [5.74, 6) is 2.99. The predicted octanol–water partition coefficient (Wildman–Crippen LogP) is 2.77. The monoisotopic (exact) mass is 362 g/mol. The highest BCUT2D eigenvalue weighted by Crippen LogP contribution is 2.42. The second-order valence-corrected chi connectivity index (χ2v) is 9.06. The van der Waals surface area contributed by atoms with Gasteiger partial charge in [-0.2, -0.15) is 0 Å². The van der Waals surface area contributed by atoms with Gasteiger partial charge in [0.2, 0.25) is 0 Å². The zero-order chi connectivity index (χ0) is 17.8. The zero-order valence-electron chi connectivity index (χ0n) is 16.6. The van der Waals surface area contributed by atoms with Crippen molar-refractivity contribution < 1.29 is 4.74 Å². The number of ether oxygens (including phenoxy) is 1. The largest absolute Gasteiger partial charge is 0.381 e. The summed E-state index contributed by atoms with van der Waals surface area (Å²) in [6.07, 6.45) is 13.4. The van der Waals surface area contributed by atoms with E-state index in [0.717, 1.165) is 50.4 Å². The number of nitrogens with one attached hydrogen (secondary N) is 2. The summed E-state index contributed by atoms with van der Waals surface area (Å²) in [7, 11) is 1.92. The van der Waals surface area contributed by atoms with Crippen molar-refractivity contribution in [2.75, 3.05) is 39.9 Å². The number of fused-ring (bicyclic) bond motifs is 1. The molecule has 0 aromatic rings. The Morgan fingerprint density at radius 1 is 1.04 bits per heavy atom. The van der Waals surface area contributed by atoms with Gasteiger partial charge in [-0.25, -0.2) is 0 Å². The van der Waals surface area contributed by atoms with Crippen LogP contribution in [0.4, 0.5) is 0 Å². The van der Waals surface area contributed by atoms with Gasteiger partial charge >= 0.3 is 0 Å². The van der Waals surface area contributed by atoms with Crippen molar-refractivity contribution >= 4 is 5.96 Å². The summed E-state index contributed by atoms with van der Waals surface area (Å²) in [5.41, 5.74) is 0.259. The van der Waals surface area contributed by atoms with E-state index in [-0.39, 0.29) is 5.54 Å². The Morgan fingerprint density at radius 2 is 1.81 bits per heavy atom. The maximum Gasteiger partial charge on any atom is 0.191 e. The fourth-order valence-corrected chi connectivity index (χ4v) is 6.02. The van der Waals surface area contributed by atoms with E-state index in [1.807, 2.05) is 7.05 Å². The third-order valence-corrected chi connectivity index (χ3v) is 7.64. The van der Waals surface area contributed by atoms with Crippen LogP contribution in [0.3, 0.4) is 0 Å². The Bertz CT molecular complexity index is 482. The Labute approximate surface area is 159 Å². The van der Waals surface area contributed by atoms with Crippen LogP contribution in [-0.2, 0) is 4.74 Å². The lowest BCUT2D eigenvalue weighted by molar-refractivity contribution is -0.0164. The molecule has 2 heterocycles. The van der Waals surface area contributed by atoms with Gasteiger partial charge in [-0.05, 0) is 69.9 Å². The molecular weight excluding hydrogens is 324 g/mol. The molecule has 0 amide bonds. The summed E-state index contributed by atoms with van der Waals surface area (Å²) in [5, 5.41) is 7.46. The van der Waals surface area contributed by atoms with Crippen molar-refractivity contribution in [3.8, 4) is 0 Å². The third-order valence-electron chi connectivity index (χ3n) is 7.64. The van der Waals surface area contributed by atoms with E-state index in [2.05, 4.69) is 20.5 Å². The predicted molar refractivity (Wildman–Crippen MR) is 107 cm³/mol.